The molecule has 90 valence electrons. The number of allylic oxidation sites excluding steroid dienone is 1. The zero-order valence-corrected chi connectivity index (χ0v) is 11.0. The molecule has 0 aliphatic carbocycles. The molecular formula is C13H28N2. The molecule has 0 aromatic heterocycles. The Kier molecular flexibility index (Phi) is 8.49. The summed E-state index contributed by atoms with van der Waals surface area (Å²) < 4.78 is 0. The first-order chi connectivity index (χ1) is 7.10. The van der Waals surface area contributed by atoms with Gasteiger partial charge in [0.1, 0.15) is 0 Å². The Morgan fingerprint density at radius 3 is 2.53 bits per heavy atom. The molecule has 2 nitrogen and oxygen atoms in total. The molecule has 1 atom stereocenters. The lowest BCUT2D eigenvalue weighted by Crippen LogP contribution is -2.37. The molecule has 0 amide bonds. The lowest BCUT2D eigenvalue weighted by atomic mass is 10.2. The molecule has 0 rings (SSSR count). The van der Waals surface area contributed by atoms with E-state index in [0.29, 0.717) is 6.04 Å². The van der Waals surface area contributed by atoms with Crippen LogP contribution in [0, 0.1) is 0 Å². The third-order valence-electron chi connectivity index (χ3n) is 2.47. The van der Waals surface area contributed by atoms with Crippen molar-refractivity contribution >= 4 is 0 Å². The fourth-order valence-electron chi connectivity index (χ4n) is 1.80. The summed E-state index contributed by atoms with van der Waals surface area (Å²) in [6.07, 6.45) is 4.81. The van der Waals surface area contributed by atoms with Gasteiger partial charge in [-0.05, 0) is 39.8 Å². The maximum Gasteiger partial charge on any atom is 0.0356 e. The van der Waals surface area contributed by atoms with E-state index in [1.165, 1.54) is 31.5 Å². The minimum absolute atomic E-state index is 0.505. The van der Waals surface area contributed by atoms with E-state index in [0.717, 1.165) is 13.0 Å². The average molecular weight is 212 g/mol. The predicted molar refractivity (Wildman–Crippen MR) is 69.1 cm³/mol. The van der Waals surface area contributed by atoms with Gasteiger partial charge in [-0.15, -0.1) is 0 Å². The Morgan fingerprint density at radius 1 is 1.33 bits per heavy atom. The van der Waals surface area contributed by atoms with Crippen LogP contribution in [-0.2, 0) is 0 Å². The van der Waals surface area contributed by atoms with Gasteiger partial charge in [0.05, 0.1) is 0 Å². The average Bonchev–Trinajstić information content (AvgIpc) is 2.14. The number of rotatable bonds is 9. The molecule has 0 aliphatic heterocycles. The SMILES string of the molecule is C=C(CCCC)NC(C)CN(C)CCC. The molecule has 0 saturated heterocycles. The van der Waals surface area contributed by atoms with Gasteiger partial charge in [-0.3, -0.25) is 0 Å². The Bertz CT molecular complexity index is 166. The Labute approximate surface area is 95.7 Å². The van der Waals surface area contributed by atoms with E-state index >= 15 is 0 Å². The number of unbranched alkanes of at least 4 members (excludes halogenated alkanes) is 1. The van der Waals surface area contributed by atoms with Crippen molar-refractivity contribution in [3.05, 3.63) is 12.3 Å². The fourth-order valence-corrected chi connectivity index (χ4v) is 1.80. The number of hydrogen-bond acceptors (Lipinski definition) is 2. The third kappa shape index (κ3) is 8.49. The van der Waals surface area contributed by atoms with Crippen LogP contribution < -0.4 is 5.32 Å². The van der Waals surface area contributed by atoms with E-state index in [4.69, 9.17) is 0 Å². The molecule has 1 N–H and O–H groups in total. The lowest BCUT2D eigenvalue weighted by Gasteiger charge is -2.23. The molecular weight excluding hydrogens is 184 g/mol. The second-order valence-corrected chi connectivity index (χ2v) is 4.51. The van der Waals surface area contributed by atoms with E-state index in [1.54, 1.807) is 0 Å². The van der Waals surface area contributed by atoms with Crippen LogP contribution in [0.4, 0.5) is 0 Å². The minimum Gasteiger partial charge on any atom is -0.385 e. The summed E-state index contributed by atoms with van der Waals surface area (Å²) >= 11 is 0. The Morgan fingerprint density at radius 2 is 2.00 bits per heavy atom. The van der Waals surface area contributed by atoms with Crippen molar-refractivity contribution in [3.63, 3.8) is 0 Å². The first-order valence-electron chi connectivity index (χ1n) is 6.23. The van der Waals surface area contributed by atoms with Crippen molar-refractivity contribution in [2.24, 2.45) is 0 Å². The minimum atomic E-state index is 0.505. The van der Waals surface area contributed by atoms with E-state index in [9.17, 15) is 0 Å². The van der Waals surface area contributed by atoms with E-state index < -0.39 is 0 Å². The molecule has 0 aromatic rings. The third-order valence-corrected chi connectivity index (χ3v) is 2.47. The van der Waals surface area contributed by atoms with Gasteiger partial charge in [0.2, 0.25) is 0 Å². The highest BCUT2D eigenvalue weighted by atomic mass is 15.1. The topological polar surface area (TPSA) is 15.3 Å². The van der Waals surface area contributed by atoms with Gasteiger partial charge >= 0.3 is 0 Å². The molecule has 0 bridgehead atoms. The fraction of sp³-hybridized carbons (Fsp3) is 0.846. The van der Waals surface area contributed by atoms with Crippen LogP contribution in [-0.4, -0.2) is 31.1 Å². The summed E-state index contributed by atoms with van der Waals surface area (Å²) in [5.41, 5.74) is 1.19. The molecule has 0 aliphatic rings. The molecule has 0 spiro atoms. The summed E-state index contributed by atoms with van der Waals surface area (Å²) in [6, 6.07) is 0.505. The second kappa shape index (κ2) is 8.78. The van der Waals surface area contributed by atoms with E-state index in [1.807, 2.05) is 0 Å². The molecule has 15 heavy (non-hydrogen) atoms. The summed E-state index contributed by atoms with van der Waals surface area (Å²) in [5, 5.41) is 3.47. The molecule has 0 saturated carbocycles. The molecule has 1 unspecified atom stereocenters. The van der Waals surface area contributed by atoms with Crippen LogP contribution >= 0.6 is 0 Å². The van der Waals surface area contributed by atoms with Crippen LogP contribution in [0.15, 0.2) is 12.3 Å². The number of nitrogens with one attached hydrogen (secondary N) is 1. The van der Waals surface area contributed by atoms with Crippen molar-refractivity contribution < 1.29 is 0 Å². The highest BCUT2D eigenvalue weighted by Gasteiger charge is 2.05. The van der Waals surface area contributed by atoms with Gasteiger partial charge in [0.25, 0.3) is 0 Å². The van der Waals surface area contributed by atoms with Gasteiger partial charge in [-0.1, -0.05) is 26.8 Å². The van der Waals surface area contributed by atoms with Crippen LogP contribution in [0.3, 0.4) is 0 Å². The summed E-state index contributed by atoms with van der Waals surface area (Å²) in [4.78, 5) is 2.37. The highest BCUT2D eigenvalue weighted by Crippen LogP contribution is 2.03. The standard InChI is InChI=1S/C13H28N2/c1-6-8-9-12(3)14-13(4)11-15(5)10-7-2/h13-14H,3,6-11H2,1-2,4-5H3. The Balaban J connectivity index is 3.62. The van der Waals surface area contributed by atoms with Crippen molar-refractivity contribution in [1.29, 1.82) is 0 Å². The molecule has 2 heteroatoms. The maximum atomic E-state index is 4.06. The van der Waals surface area contributed by atoms with Crippen LogP contribution in [0.2, 0.25) is 0 Å². The molecule has 0 aromatic carbocycles. The number of likely N-dealkylation sites (N-methyl/N-ethyl adjacent to an activating group) is 1. The van der Waals surface area contributed by atoms with Gasteiger partial charge in [0.15, 0.2) is 0 Å². The highest BCUT2D eigenvalue weighted by molar-refractivity contribution is 4.93. The summed E-state index contributed by atoms with van der Waals surface area (Å²) in [6.45, 7) is 13.0. The lowest BCUT2D eigenvalue weighted by molar-refractivity contribution is 0.303. The van der Waals surface area contributed by atoms with Crippen LogP contribution in [0.1, 0.15) is 46.5 Å². The van der Waals surface area contributed by atoms with Gasteiger partial charge in [-0.25, -0.2) is 0 Å². The van der Waals surface area contributed by atoms with E-state index in [-0.39, 0.29) is 0 Å². The van der Waals surface area contributed by atoms with Crippen molar-refractivity contribution in [1.82, 2.24) is 10.2 Å². The first-order valence-corrected chi connectivity index (χ1v) is 6.23. The first kappa shape index (κ1) is 14.5. The van der Waals surface area contributed by atoms with Gasteiger partial charge < -0.3 is 10.2 Å². The monoisotopic (exact) mass is 212 g/mol. The van der Waals surface area contributed by atoms with Gasteiger partial charge in [0, 0.05) is 18.3 Å². The quantitative estimate of drug-likeness (QED) is 0.632. The number of nitrogens with zero attached hydrogens (tertiary/aromatic N) is 1. The maximum absolute atomic E-state index is 4.06. The molecule has 0 fully saturated rings. The zero-order valence-electron chi connectivity index (χ0n) is 11.0. The van der Waals surface area contributed by atoms with E-state index in [2.05, 4.69) is 44.6 Å². The van der Waals surface area contributed by atoms with Crippen molar-refractivity contribution in [2.45, 2.75) is 52.5 Å². The zero-order chi connectivity index (χ0) is 11.7. The smallest absolute Gasteiger partial charge is 0.0356 e. The van der Waals surface area contributed by atoms with Crippen LogP contribution in [0.25, 0.3) is 0 Å². The van der Waals surface area contributed by atoms with Gasteiger partial charge in [-0.2, -0.15) is 0 Å². The Hall–Kier alpha value is -0.500. The van der Waals surface area contributed by atoms with Crippen molar-refractivity contribution in [3.8, 4) is 0 Å². The molecule has 0 radical (unpaired) electrons. The number of hydrogen-bond donors (Lipinski definition) is 1. The van der Waals surface area contributed by atoms with Crippen molar-refractivity contribution in [2.75, 3.05) is 20.1 Å². The van der Waals surface area contributed by atoms with Crippen LogP contribution in [0.5, 0.6) is 0 Å². The second-order valence-electron chi connectivity index (χ2n) is 4.51. The molecule has 0 heterocycles. The summed E-state index contributed by atoms with van der Waals surface area (Å²) in [5.74, 6) is 0. The normalized spacial score (nSPS) is 12.9. The predicted octanol–water partition coefficient (Wildman–Crippen LogP) is 3.01. The summed E-state index contributed by atoms with van der Waals surface area (Å²) in [7, 11) is 2.18. The largest absolute Gasteiger partial charge is 0.385 e.